The van der Waals surface area contributed by atoms with E-state index in [0.29, 0.717) is 19.0 Å². The smallest absolute Gasteiger partial charge is 0.141 e. The van der Waals surface area contributed by atoms with Crippen LogP contribution >= 0.6 is 0 Å². The van der Waals surface area contributed by atoms with Gasteiger partial charge in [0.1, 0.15) is 28.7 Å². The Balaban J connectivity index is 1.63. The van der Waals surface area contributed by atoms with Gasteiger partial charge in [-0.15, -0.1) is 0 Å². The summed E-state index contributed by atoms with van der Waals surface area (Å²) in [6, 6.07) is 10.7. The first-order chi connectivity index (χ1) is 18.0. The molecule has 5 aromatic rings. The van der Waals surface area contributed by atoms with Crippen molar-refractivity contribution in [1.82, 2.24) is 19.7 Å². The molecule has 6 rings (SSSR count). The summed E-state index contributed by atoms with van der Waals surface area (Å²) >= 11 is 0. The molecule has 8 heteroatoms. The van der Waals surface area contributed by atoms with Crippen LogP contribution in [0.5, 0.6) is 5.75 Å². The zero-order valence-corrected chi connectivity index (χ0v) is 21.4. The molecular weight excluding hydrogens is 471 g/mol. The minimum atomic E-state index is -0.248. The van der Waals surface area contributed by atoms with E-state index in [1.165, 1.54) is 12.1 Å². The summed E-state index contributed by atoms with van der Waals surface area (Å²) < 4.78 is 33.0. The van der Waals surface area contributed by atoms with Crippen molar-refractivity contribution >= 4 is 21.9 Å². The molecule has 0 aliphatic carbocycles. The third kappa shape index (κ3) is 3.96. The van der Waals surface area contributed by atoms with Gasteiger partial charge in [-0.05, 0) is 63.4 Å². The minimum absolute atomic E-state index is 0.0673. The van der Waals surface area contributed by atoms with Crippen LogP contribution in [0.3, 0.4) is 0 Å². The highest BCUT2D eigenvalue weighted by molar-refractivity contribution is 6.05. The third-order valence-electron chi connectivity index (χ3n) is 7.49. The van der Waals surface area contributed by atoms with Gasteiger partial charge in [0.05, 0.1) is 41.6 Å². The average Bonchev–Trinajstić information content (AvgIpc) is 3.48. The molecule has 7 nitrogen and oxygen atoms in total. The summed E-state index contributed by atoms with van der Waals surface area (Å²) in [6.45, 7) is 7.39. The molecular formula is C29H29FN4O3. The first-order valence-corrected chi connectivity index (χ1v) is 12.6. The van der Waals surface area contributed by atoms with Gasteiger partial charge in [0.2, 0.25) is 0 Å². The highest BCUT2D eigenvalue weighted by Gasteiger charge is 2.28. The predicted octanol–water partition coefficient (Wildman–Crippen LogP) is 6.51. The molecule has 1 aliphatic rings. The fourth-order valence-corrected chi connectivity index (χ4v) is 5.58. The maximum atomic E-state index is 13.8. The minimum Gasteiger partial charge on any atom is -0.496 e. The van der Waals surface area contributed by atoms with E-state index in [9.17, 15) is 4.39 Å². The molecule has 2 aromatic carbocycles. The van der Waals surface area contributed by atoms with Crippen molar-refractivity contribution in [2.45, 2.75) is 45.6 Å². The summed E-state index contributed by atoms with van der Waals surface area (Å²) in [5, 5.41) is 5.08. The number of fused-ring (bicyclic) bond motifs is 3. The van der Waals surface area contributed by atoms with Crippen LogP contribution < -0.4 is 4.74 Å². The molecule has 4 heterocycles. The number of ether oxygens (including phenoxy) is 2. The number of hydrogen-bond donors (Lipinski definition) is 0. The van der Waals surface area contributed by atoms with Crippen LogP contribution in [0.1, 0.15) is 54.6 Å². The molecule has 3 aromatic heterocycles. The summed E-state index contributed by atoms with van der Waals surface area (Å²) in [5.74, 6) is 2.47. The molecule has 1 aliphatic heterocycles. The van der Waals surface area contributed by atoms with Gasteiger partial charge in [-0.2, -0.15) is 0 Å². The van der Waals surface area contributed by atoms with Gasteiger partial charge in [0.15, 0.2) is 0 Å². The Morgan fingerprint density at radius 3 is 2.51 bits per heavy atom. The van der Waals surface area contributed by atoms with Crippen molar-refractivity contribution in [2.75, 3.05) is 20.3 Å². The van der Waals surface area contributed by atoms with Gasteiger partial charge in [0.25, 0.3) is 0 Å². The monoisotopic (exact) mass is 500 g/mol. The van der Waals surface area contributed by atoms with Crippen molar-refractivity contribution in [2.24, 2.45) is 0 Å². The van der Waals surface area contributed by atoms with Crippen LogP contribution in [0, 0.1) is 19.7 Å². The van der Waals surface area contributed by atoms with E-state index < -0.39 is 0 Å². The number of hydrogen-bond acceptors (Lipinski definition) is 6. The Kier molecular flexibility index (Phi) is 5.91. The van der Waals surface area contributed by atoms with Gasteiger partial charge in [0, 0.05) is 30.1 Å². The molecule has 0 spiro atoms. The molecule has 1 fully saturated rings. The van der Waals surface area contributed by atoms with Crippen molar-refractivity contribution in [1.29, 1.82) is 0 Å². The van der Waals surface area contributed by atoms with Gasteiger partial charge in [-0.1, -0.05) is 17.3 Å². The molecule has 1 unspecified atom stereocenters. The zero-order valence-electron chi connectivity index (χ0n) is 21.4. The van der Waals surface area contributed by atoms with E-state index in [4.69, 9.17) is 24.0 Å². The van der Waals surface area contributed by atoms with E-state index in [1.54, 1.807) is 7.11 Å². The number of benzene rings is 2. The number of imidazole rings is 1. The fraction of sp³-hybridized carbons (Fsp3) is 0.345. The van der Waals surface area contributed by atoms with Crippen LogP contribution in [-0.2, 0) is 4.74 Å². The predicted molar refractivity (Wildman–Crippen MR) is 140 cm³/mol. The molecule has 0 saturated carbocycles. The number of nitrogens with zero attached hydrogens (tertiary/aromatic N) is 4. The summed E-state index contributed by atoms with van der Waals surface area (Å²) in [6.07, 6.45) is 3.66. The summed E-state index contributed by atoms with van der Waals surface area (Å²) in [5.41, 5.74) is 6.26. The second kappa shape index (κ2) is 9.27. The van der Waals surface area contributed by atoms with Crippen LogP contribution in [-0.4, -0.2) is 40.0 Å². The second-order valence-corrected chi connectivity index (χ2v) is 9.72. The Labute approximate surface area is 214 Å². The maximum Gasteiger partial charge on any atom is 0.141 e. The molecule has 0 N–H and O–H groups in total. The lowest BCUT2D eigenvalue weighted by Crippen LogP contribution is -2.20. The molecule has 0 bridgehead atoms. The first kappa shape index (κ1) is 23.6. The first-order valence-electron chi connectivity index (χ1n) is 12.6. The lowest BCUT2D eigenvalue weighted by atomic mass is 9.98. The second-order valence-electron chi connectivity index (χ2n) is 9.72. The highest BCUT2D eigenvalue weighted by atomic mass is 19.1. The lowest BCUT2D eigenvalue weighted by molar-refractivity contribution is 0.0828. The SMILES string of the molecule is COc1cc2c(cc1-c1c(C)noc1C)ncc1nc(C3CCOCC3)n(C(C)c3ccc(F)cc3)c12. The zero-order chi connectivity index (χ0) is 25.7. The van der Waals surface area contributed by atoms with Crippen molar-refractivity contribution in [3.63, 3.8) is 0 Å². The van der Waals surface area contributed by atoms with Crippen molar-refractivity contribution < 1.29 is 18.4 Å². The number of pyridine rings is 1. The summed E-state index contributed by atoms with van der Waals surface area (Å²) in [4.78, 5) is 9.91. The van der Waals surface area contributed by atoms with Crippen LogP contribution in [0.2, 0.25) is 0 Å². The van der Waals surface area contributed by atoms with E-state index >= 15 is 0 Å². The van der Waals surface area contributed by atoms with E-state index in [1.807, 2.05) is 44.3 Å². The van der Waals surface area contributed by atoms with Crippen molar-refractivity contribution in [3.8, 4) is 16.9 Å². The van der Waals surface area contributed by atoms with Crippen molar-refractivity contribution in [3.05, 3.63) is 71.3 Å². The Morgan fingerprint density at radius 2 is 1.84 bits per heavy atom. The molecule has 190 valence electrons. The lowest BCUT2D eigenvalue weighted by Gasteiger charge is -2.26. The quantitative estimate of drug-likeness (QED) is 0.274. The third-order valence-corrected chi connectivity index (χ3v) is 7.49. The number of aromatic nitrogens is 4. The molecule has 0 radical (unpaired) electrons. The number of halogens is 1. The van der Waals surface area contributed by atoms with E-state index in [-0.39, 0.29) is 17.8 Å². The van der Waals surface area contributed by atoms with Crippen LogP contribution in [0.15, 0.2) is 47.1 Å². The topological polar surface area (TPSA) is 75.2 Å². The normalized spacial score (nSPS) is 15.5. The van der Waals surface area contributed by atoms with Gasteiger partial charge in [-0.3, -0.25) is 4.98 Å². The maximum absolute atomic E-state index is 13.8. The number of rotatable bonds is 5. The molecule has 37 heavy (non-hydrogen) atoms. The Bertz CT molecular complexity index is 1580. The molecule has 1 saturated heterocycles. The van der Waals surface area contributed by atoms with E-state index in [2.05, 4.69) is 16.6 Å². The van der Waals surface area contributed by atoms with Crippen LogP contribution in [0.4, 0.5) is 4.39 Å². The average molecular weight is 501 g/mol. The Hall–Kier alpha value is -3.78. The van der Waals surface area contributed by atoms with Gasteiger partial charge >= 0.3 is 0 Å². The molecule has 1 atom stereocenters. The Morgan fingerprint density at radius 1 is 1.08 bits per heavy atom. The van der Waals surface area contributed by atoms with Gasteiger partial charge < -0.3 is 18.6 Å². The van der Waals surface area contributed by atoms with Gasteiger partial charge in [-0.25, -0.2) is 9.37 Å². The highest BCUT2D eigenvalue weighted by Crippen LogP contribution is 2.41. The fourth-order valence-electron chi connectivity index (χ4n) is 5.58. The standard InChI is InChI=1S/C29H29FN4O3/c1-16-27(18(3)37-33-16)23-13-24-22(14-26(23)35-4)28-25(15-31-24)32-29(20-9-11-36-12-10-20)34(28)17(2)19-5-7-21(30)8-6-19/h5-8,13-15,17,20H,9-12H2,1-4H3. The summed E-state index contributed by atoms with van der Waals surface area (Å²) in [7, 11) is 1.67. The van der Waals surface area contributed by atoms with E-state index in [0.717, 1.165) is 68.7 Å². The molecule has 0 amide bonds. The number of methoxy groups -OCH3 is 1. The largest absolute Gasteiger partial charge is 0.496 e. The van der Waals surface area contributed by atoms with Crippen LogP contribution in [0.25, 0.3) is 33.1 Å². The number of aryl methyl sites for hydroxylation is 2.